The van der Waals surface area contributed by atoms with E-state index in [0.717, 1.165) is 43.0 Å². The first kappa shape index (κ1) is 18.5. The number of aryl methyl sites for hydroxylation is 3. The smallest absolute Gasteiger partial charge is 0.222 e. The Hall–Kier alpha value is -2.28. The zero-order valence-corrected chi connectivity index (χ0v) is 15.6. The van der Waals surface area contributed by atoms with Gasteiger partial charge in [0, 0.05) is 49.6 Å². The summed E-state index contributed by atoms with van der Waals surface area (Å²) >= 11 is 0. The Morgan fingerprint density at radius 1 is 1.38 bits per heavy atom. The fourth-order valence-corrected chi connectivity index (χ4v) is 3.40. The van der Waals surface area contributed by atoms with Gasteiger partial charge in [-0.1, -0.05) is 0 Å². The maximum Gasteiger partial charge on any atom is 0.222 e. The van der Waals surface area contributed by atoms with E-state index in [4.69, 9.17) is 4.74 Å². The van der Waals surface area contributed by atoms with Crippen molar-refractivity contribution in [2.75, 3.05) is 26.3 Å². The molecule has 2 aromatic rings. The summed E-state index contributed by atoms with van der Waals surface area (Å²) in [6.45, 7) is 7.47. The highest BCUT2D eigenvalue weighted by Gasteiger charge is 2.22. The maximum atomic E-state index is 12.6. The quantitative estimate of drug-likeness (QED) is 0.788. The summed E-state index contributed by atoms with van der Waals surface area (Å²) in [7, 11) is 0. The van der Waals surface area contributed by atoms with Crippen molar-refractivity contribution in [1.82, 2.24) is 24.6 Å². The van der Waals surface area contributed by atoms with Crippen LogP contribution in [0.5, 0.6) is 0 Å². The average Bonchev–Trinajstić information content (AvgIpc) is 2.82. The van der Waals surface area contributed by atoms with E-state index in [2.05, 4.69) is 21.1 Å². The standard InChI is InChI=1S/C19H27N5O2/c1-15-10-16(2)24(22-15)7-3-4-19(25)23-8-9-26-13-17(12-23)11-18-5-6-20-14-21-18/h5-6,10,14,17H,3-4,7-9,11-13H2,1-2H3/t17-/m0/s1. The van der Waals surface area contributed by atoms with E-state index in [9.17, 15) is 4.79 Å². The highest BCUT2D eigenvalue weighted by atomic mass is 16.5. The number of carbonyl (C=O) groups is 1. The van der Waals surface area contributed by atoms with E-state index in [1.165, 1.54) is 0 Å². The number of nitrogens with zero attached hydrogens (tertiary/aromatic N) is 5. The largest absolute Gasteiger partial charge is 0.379 e. The Labute approximate surface area is 154 Å². The lowest BCUT2D eigenvalue weighted by molar-refractivity contribution is -0.131. The summed E-state index contributed by atoms with van der Waals surface area (Å²) in [6.07, 6.45) is 5.46. The van der Waals surface area contributed by atoms with Crippen LogP contribution in [0.15, 0.2) is 24.7 Å². The van der Waals surface area contributed by atoms with Crippen LogP contribution in [0.4, 0.5) is 0 Å². The van der Waals surface area contributed by atoms with Gasteiger partial charge < -0.3 is 9.64 Å². The number of rotatable bonds is 6. The molecule has 140 valence electrons. The minimum Gasteiger partial charge on any atom is -0.379 e. The first-order valence-corrected chi connectivity index (χ1v) is 9.23. The second kappa shape index (κ2) is 8.89. The van der Waals surface area contributed by atoms with Crippen LogP contribution in [0.2, 0.25) is 0 Å². The molecule has 7 heteroatoms. The van der Waals surface area contributed by atoms with Gasteiger partial charge in [-0.15, -0.1) is 0 Å². The van der Waals surface area contributed by atoms with Gasteiger partial charge in [-0.25, -0.2) is 9.97 Å². The van der Waals surface area contributed by atoms with Crippen molar-refractivity contribution in [2.45, 2.75) is 39.7 Å². The normalized spacial score (nSPS) is 17.9. The van der Waals surface area contributed by atoms with Crippen molar-refractivity contribution in [1.29, 1.82) is 0 Å². The van der Waals surface area contributed by atoms with E-state index in [1.807, 2.05) is 29.5 Å². The molecule has 1 aliphatic rings. The summed E-state index contributed by atoms with van der Waals surface area (Å²) < 4.78 is 7.68. The molecule has 0 bridgehead atoms. The van der Waals surface area contributed by atoms with Gasteiger partial charge in [-0.3, -0.25) is 9.48 Å². The Bertz CT molecular complexity index is 716. The van der Waals surface area contributed by atoms with Gasteiger partial charge in [0.15, 0.2) is 0 Å². The SMILES string of the molecule is Cc1cc(C)n(CCCC(=O)N2CCOC[C@@H](Cc3ccncn3)C2)n1. The number of amides is 1. The maximum absolute atomic E-state index is 12.6. The van der Waals surface area contributed by atoms with Crippen LogP contribution >= 0.6 is 0 Å². The Balaban J connectivity index is 1.50. The predicted molar refractivity (Wildman–Crippen MR) is 97.6 cm³/mol. The minimum atomic E-state index is 0.199. The summed E-state index contributed by atoms with van der Waals surface area (Å²) in [5.74, 6) is 0.470. The van der Waals surface area contributed by atoms with Gasteiger partial charge >= 0.3 is 0 Å². The monoisotopic (exact) mass is 357 g/mol. The number of ether oxygens (including phenoxy) is 1. The van der Waals surface area contributed by atoms with Crippen molar-refractivity contribution in [3.05, 3.63) is 41.7 Å². The fourth-order valence-electron chi connectivity index (χ4n) is 3.40. The molecule has 0 spiro atoms. The lowest BCUT2D eigenvalue weighted by Crippen LogP contribution is -2.36. The van der Waals surface area contributed by atoms with Crippen LogP contribution in [0, 0.1) is 19.8 Å². The molecule has 1 fully saturated rings. The average molecular weight is 357 g/mol. The number of aromatic nitrogens is 4. The third-order valence-corrected chi connectivity index (χ3v) is 4.70. The van der Waals surface area contributed by atoms with Crippen LogP contribution in [0.1, 0.15) is 29.9 Å². The minimum absolute atomic E-state index is 0.199. The predicted octanol–water partition coefficient (Wildman–Crippen LogP) is 1.79. The molecule has 7 nitrogen and oxygen atoms in total. The van der Waals surface area contributed by atoms with E-state index in [0.29, 0.717) is 26.2 Å². The molecule has 2 aromatic heterocycles. The van der Waals surface area contributed by atoms with Crippen molar-refractivity contribution in [3.63, 3.8) is 0 Å². The number of carbonyl (C=O) groups excluding carboxylic acids is 1. The van der Waals surface area contributed by atoms with Gasteiger partial charge in [0.2, 0.25) is 5.91 Å². The molecule has 1 amide bonds. The third kappa shape index (κ3) is 5.11. The van der Waals surface area contributed by atoms with Gasteiger partial charge in [-0.05, 0) is 38.8 Å². The van der Waals surface area contributed by atoms with Crippen molar-refractivity contribution >= 4 is 5.91 Å². The third-order valence-electron chi connectivity index (χ3n) is 4.70. The number of hydrogen-bond acceptors (Lipinski definition) is 5. The molecule has 3 rings (SSSR count). The molecule has 26 heavy (non-hydrogen) atoms. The molecule has 1 saturated heterocycles. The summed E-state index contributed by atoms with van der Waals surface area (Å²) in [4.78, 5) is 22.8. The molecule has 0 aromatic carbocycles. The van der Waals surface area contributed by atoms with E-state index >= 15 is 0 Å². The van der Waals surface area contributed by atoms with Crippen LogP contribution in [0.25, 0.3) is 0 Å². The fraction of sp³-hybridized carbons (Fsp3) is 0.579. The Kier molecular flexibility index (Phi) is 6.33. The van der Waals surface area contributed by atoms with Crippen LogP contribution < -0.4 is 0 Å². The Morgan fingerprint density at radius 3 is 3.00 bits per heavy atom. The van der Waals surface area contributed by atoms with E-state index in [-0.39, 0.29) is 11.8 Å². The molecule has 0 N–H and O–H groups in total. The van der Waals surface area contributed by atoms with Crippen molar-refractivity contribution in [3.8, 4) is 0 Å². The molecule has 0 saturated carbocycles. The molecular weight excluding hydrogens is 330 g/mol. The summed E-state index contributed by atoms with van der Waals surface area (Å²) in [6, 6.07) is 3.98. The highest BCUT2D eigenvalue weighted by molar-refractivity contribution is 5.76. The van der Waals surface area contributed by atoms with Crippen molar-refractivity contribution < 1.29 is 9.53 Å². The lowest BCUT2D eigenvalue weighted by atomic mass is 10.0. The zero-order valence-electron chi connectivity index (χ0n) is 15.6. The van der Waals surface area contributed by atoms with Crippen LogP contribution in [-0.4, -0.2) is 56.9 Å². The van der Waals surface area contributed by atoms with Gasteiger partial charge in [0.1, 0.15) is 6.33 Å². The topological polar surface area (TPSA) is 73.1 Å². The van der Waals surface area contributed by atoms with Crippen LogP contribution in [-0.2, 0) is 22.5 Å². The molecular formula is C19H27N5O2. The van der Waals surface area contributed by atoms with Crippen molar-refractivity contribution in [2.24, 2.45) is 5.92 Å². The lowest BCUT2D eigenvalue weighted by Gasteiger charge is -2.23. The van der Waals surface area contributed by atoms with E-state index < -0.39 is 0 Å². The molecule has 1 aliphatic heterocycles. The Morgan fingerprint density at radius 2 is 2.27 bits per heavy atom. The second-order valence-electron chi connectivity index (χ2n) is 6.94. The second-order valence-corrected chi connectivity index (χ2v) is 6.94. The molecule has 1 atom stereocenters. The molecule has 3 heterocycles. The van der Waals surface area contributed by atoms with Gasteiger partial charge in [0.25, 0.3) is 0 Å². The zero-order chi connectivity index (χ0) is 18.4. The van der Waals surface area contributed by atoms with Crippen LogP contribution in [0.3, 0.4) is 0 Å². The first-order valence-electron chi connectivity index (χ1n) is 9.23. The molecule has 0 aliphatic carbocycles. The van der Waals surface area contributed by atoms with Gasteiger partial charge in [-0.2, -0.15) is 5.10 Å². The van der Waals surface area contributed by atoms with E-state index in [1.54, 1.807) is 12.5 Å². The van der Waals surface area contributed by atoms with Gasteiger partial charge in [0.05, 0.1) is 18.9 Å². The first-order chi connectivity index (χ1) is 12.6. The highest BCUT2D eigenvalue weighted by Crippen LogP contribution is 2.14. The molecule has 0 unspecified atom stereocenters. The number of hydrogen-bond donors (Lipinski definition) is 0. The molecule has 0 radical (unpaired) electrons. The summed E-state index contributed by atoms with van der Waals surface area (Å²) in [5.41, 5.74) is 3.15. The summed E-state index contributed by atoms with van der Waals surface area (Å²) in [5, 5.41) is 4.45.